The van der Waals surface area contributed by atoms with Crippen molar-refractivity contribution in [3.63, 3.8) is 0 Å². The van der Waals surface area contributed by atoms with Crippen LogP contribution in [0.3, 0.4) is 0 Å². The van der Waals surface area contributed by atoms with E-state index in [-0.39, 0.29) is 23.8 Å². The highest BCUT2D eigenvalue weighted by Gasteiger charge is 2.29. The first-order valence-electron chi connectivity index (χ1n) is 11.0. The lowest BCUT2D eigenvalue weighted by Gasteiger charge is -2.23. The van der Waals surface area contributed by atoms with Crippen LogP contribution in [-0.4, -0.2) is 56.7 Å². The largest absolute Gasteiger partial charge is 0.453 e. The maximum atomic E-state index is 13.0. The first-order chi connectivity index (χ1) is 16.0. The number of ether oxygens (including phenoxy) is 1. The molecule has 1 aliphatic heterocycles. The van der Waals surface area contributed by atoms with Crippen molar-refractivity contribution in [3.05, 3.63) is 65.4 Å². The SMILES string of the molecule is COCc1ccc(C(=O)N2CCc3nnc([C@@H](NC(=O)c4ccccn4)C(C)C)n3CC2)o1. The fourth-order valence-corrected chi connectivity index (χ4v) is 3.89. The standard InChI is InChI=1S/C23H28N6O4/c1-15(2)20(25-22(30)17-6-4-5-10-24-17)21-27-26-19-9-11-28(12-13-29(19)21)23(31)18-8-7-16(33-18)14-32-3/h4-8,10,15,20H,9,11-14H2,1-3H3,(H,25,30)/t20-/m0/s1. The van der Waals surface area contributed by atoms with Gasteiger partial charge < -0.3 is 23.9 Å². The minimum absolute atomic E-state index is 0.0780. The van der Waals surface area contributed by atoms with Gasteiger partial charge >= 0.3 is 0 Å². The molecule has 4 rings (SSSR count). The van der Waals surface area contributed by atoms with Gasteiger partial charge in [-0.15, -0.1) is 10.2 Å². The van der Waals surface area contributed by atoms with E-state index in [4.69, 9.17) is 9.15 Å². The Balaban J connectivity index is 1.49. The van der Waals surface area contributed by atoms with Gasteiger partial charge in [-0.25, -0.2) is 0 Å². The smallest absolute Gasteiger partial charge is 0.289 e. The number of nitrogens with one attached hydrogen (secondary N) is 1. The maximum Gasteiger partial charge on any atom is 0.289 e. The minimum Gasteiger partial charge on any atom is -0.453 e. The second-order valence-electron chi connectivity index (χ2n) is 8.28. The summed E-state index contributed by atoms with van der Waals surface area (Å²) in [5, 5.41) is 11.8. The van der Waals surface area contributed by atoms with Crippen molar-refractivity contribution in [2.24, 2.45) is 5.92 Å². The second-order valence-corrected chi connectivity index (χ2v) is 8.28. The molecule has 33 heavy (non-hydrogen) atoms. The van der Waals surface area contributed by atoms with Gasteiger partial charge in [0.25, 0.3) is 11.8 Å². The summed E-state index contributed by atoms with van der Waals surface area (Å²) in [6, 6.07) is 8.30. The van der Waals surface area contributed by atoms with Crippen LogP contribution < -0.4 is 5.32 Å². The van der Waals surface area contributed by atoms with Gasteiger partial charge in [0.15, 0.2) is 11.6 Å². The molecule has 3 aromatic rings. The number of aromatic nitrogens is 4. The van der Waals surface area contributed by atoms with E-state index < -0.39 is 0 Å². The zero-order valence-corrected chi connectivity index (χ0v) is 19.0. The zero-order chi connectivity index (χ0) is 23.4. The van der Waals surface area contributed by atoms with Crippen LogP contribution in [0, 0.1) is 5.92 Å². The average molecular weight is 453 g/mol. The second kappa shape index (κ2) is 9.95. The minimum atomic E-state index is -0.343. The normalized spacial score (nSPS) is 14.6. The fourth-order valence-electron chi connectivity index (χ4n) is 3.89. The highest BCUT2D eigenvalue weighted by atomic mass is 16.5. The molecule has 1 aliphatic rings. The Morgan fingerprint density at radius 1 is 1.15 bits per heavy atom. The number of rotatable bonds is 7. The molecule has 0 aliphatic carbocycles. The number of carbonyl (C=O) groups excluding carboxylic acids is 2. The number of pyridine rings is 1. The first kappa shape index (κ1) is 22.7. The molecule has 174 valence electrons. The Bertz CT molecular complexity index is 1110. The Morgan fingerprint density at radius 3 is 2.73 bits per heavy atom. The molecule has 10 heteroatoms. The topological polar surface area (TPSA) is 115 Å². The molecule has 0 spiro atoms. The third-order valence-corrected chi connectivity index (χ3v) is 5.63. The molecule has 0 unspecified atom stereocenters. The van der Waals surface area contributed by atoms with Crippen LogP contribution in [0.5, 0.6) is 0 Å². The molecular formula is C23H28N6O4. The lowest BCUT2D eigenvalue weighted by Crippen LogP contribution is -2.35. The van der Waals surface area contributed by atoms with E-state index in [9.17, 15) is 9.59 Å². The number of amides is 2. The summed E-state index contributed by atoms with van der Waals surface area (Å²) in [5.74, 6) is 2.02. The number of methoxy groups -OCH3 is 1. The summed E-state index contributed by atoms with van der Waals surface area (Å²) in [6.45, 7) is 5.87. The summed E-state index contributed by atoms with van der Waals surface area (Å²) in [5.41, 5.74) is 0.349. The summed E-state index contributed by atoms with van der Waals surface area (Å²) < 4.78 is 12.7. The molecule has 0 fully saturated rings. The van der Waals surface area contributed by atoms with Gasteiger partial charge in [-0.05, 0) is 30.2 Å². The number of carbonyl (C=O) groups is 2. The van der Waals surface area contributed by atoms with Crippen LogP contribution >= 0.6 is 0 Å². The molecule has 0 saturated carbocycles. The summed E-state index contributed by atoms with van der Waals surface area (Å²) in [7, 11) is 1.58. The van der Waals surface area contributed by atoms with E-state index in [2.05, 4.69) is 20.5 Å². The molecule has 0 saturated heterocycles. The van der Waals surface area contributed by atoms with Crippen molar-refractivity contribution in [1.29, 1.82) is 0 Å². The number of nitrogens with zero attached hydrogens (tertiary/aromatic N) is 5. The lowest BCUT2D eigenvalue weighted by atomic mass is 10.0. The van der Waals surface area contributed by atoms with Gasteiger partial charge in [0.1, 0.15) is 23.9 Å². The van der Waals surface area contributed by atoms with Crippen LogP contribution in [0.2, 0.25) is 0 Å². The monoisotopic (exact) mass is 452 g/mol. The molecule has 0 radical (unpaired) electrons. The maximum absolute atomic E-state index is 13.0. The number of furan rings is 1. The third-order valence-electron chi connectivity index (χ3n) is 5.63. The average Bonchev–Trinajstić information content (AvgIpc) is 3.39. The first-order valence-corrected chi connectivity index (χ1v) is 11.0. The summed E-state index contributed by atoms with van der Waals surface area (Å²) in [4.78, 5) is 31.6. The fraction of sp³-hybridized carbons (Fsp3) is 0.435. The Morgan fingerprint density at radius 2 is 2.00 bits per heavy atom. The predicted molar refractivity (Wildman–Crippen MR) is 118 cm³/mol. The molecular weight excluding hydrogens is 424 g/mol. The van der Waals surface area contributed by atoms with E-state index >= 15 is 0 Å². The Hall–Kier alpha value is -3.53. The van der Waals surface area contributed by atoms with Crippen molar-refractivity contribution in [2.75, 3.05) is 20.2 Å². The number of fused-ring (bicyclic) bond motifs is 1. The van der Waals surface area contributed by atoms with Gasteiger partial charge in [-0.2, -0.15) is 0 Å². The predicted octanol–water partition coefficient (Wildman–Crippen LogP) is 2.24. The summed E-state index contributed by atoms with van der Waals surface area (Å²) >= 11 is 0. The highest BCUT2D eigenvalue weighted by Crippen LogP contribution is 2.23. The molecule has 0 aromatic carbocycles. The van der Waals surface area contributed by atoms with Gasteiger partial charge in [-0.3, -0.25) is 14.6 Å². The van der Waals surface area contributed by atoms with Crippen LogP contribution in [0.15, 0.2) is 40.9 Å². The quantitative estimate of drug-likeness (QED) is 0.584. The van der Waals surface area contributed by atoms with Gasteiger partial charge in [0, 0.05) is 39.4 Å². The molecule has 1 N–H and O–H groups in total. The van der Waals surface area contributed by atoms with Crippen molar-refractivity contribution >= 4 is 11.8 Å². The van der Waals surface area contributed by atoms with Crippen LogP contribution in [-0.2, 0) is 24.3 Å². The van der Waals surface area contributed by atoms with Crippen LogP contribution in [0.4, 0.5) is 0 Å². The van der Waals surface area contributed by atoms with Crippen molar-refractivity contribution in [1.82, 2.24) is 30.0 Å². The molecule has 3 aromatic heterocycles. The van der Waals surface area contributed by atoms with E-state index in [1.54, 1.807) is 48.5 Å². The molecule has 10 nitrogen and oxygen atoms in total. The van der Waals surface area contributed by atoms with Gasteiger partial charge in [0.2, 0.25) is 0 Å². The highest BCUT2D eigenvalue weighted by molar-refractivity contribution is 5.92. The van der Waals surface area contributed by atoms with E-state index in [1.807, 2.05) is 18.4 Å². The van der Waals surface area contributed by atoms with Gasteiger partial charge in [-0.1, -0.05) is 19.9 Å². The number of hydrogen-bond donors (Lipinski definition) is 1. The van der Waals surface area contributed by atoms with Crippen molar-refractivity contribution in [3.8, 4) is 0 Å². The summed E-state index contributed by atoms with van der Waals surface area (Å²) in [6.07, 6.45) is 2.15. The van der Waals surface area contributed by atoms with E-state index in [0.29, 0.717) is 55.7 Å². The van der Waals surface area contributed by atoms with Crippen molar-refractivity contribution < 1.29 is 18.7 Å². The molecule has 0 bridgehead atoms. The van der Waals surface area contributed by atoms with E-state index in [0.717, 1.165) is 5.82 Å². The lowest BCUT2D eigenvalue weighted by molar-refractivity contribution is 0.0718. The third kappa shape index (κ3) is 4.95. The number of hydrogen-bond acceptors (Lipinski definition) is 7. The Kier molecular flexibility index (Phi) is 6.83. The van der Waals surface area contributed by atoms with Crippen molar-refractivity contribution in [2.45, 2.75) is 39.5 Å². The molecule has 1 atom stereocenters. The van der Waals surface area contributed by atoms with E-state index in [1.165, 1.54) is 0 Å². The molecule has 2 amide bonds. The van der Waals surface area contributed by atoms with Crippen LogP contribution in [0.25, 0.3) is 0 Å². The molecule has 4 heterocycles. The van der Waals surface area contributed by atoms with Gasteiger partial charge in [0.05, 0.1) is 6.04 Å². The zero-order valence-electron chi connectivity index (χ0n) is 19.0. The Labute approximate surface area is 192 Å². The van der Waals surface area contributed by atoms with Crippen LogP contribution in [0.1, 0.15) is 58.3 Å².